The van der Waals surface area contributed by atoms with Gasteiger partial charge in [0.25, 0.3) is 0 Å². The summed E-state index contributed by atoms with van der Waals surface area (Å²) in [6.45, 7) is 13.2. The summed E-state index contributed by atoms with van der Waals surface area (Å²) in [6.07, 6.45) is -1.85. The average Bonchev–Trinajstić information content (AvgIpc) is 3.24. The lowest BCUT2D eigenvalue weighted by Crippen LogP contribution is -2.60. The first-order chi connectivity index (χ1) is 32.5. The molecule has 9 atom stereocenters. The van der Waals surface area contributed by atoms with Gasteiger partial charge in [-0.05, 0) is 89.5 Å². The molecule has 0 spiro atoms. The van der Waals surface area contributed by atoms with E-state index in [0.29, 0.717) is 25.8 Å². The normalized spacial score (nSPS) is 15.0. The lowest BCUT2D eigenvalue weighted by atomic mass is 9.98. The molecule has 0 aliphatic heterocycles. The second-order valence-corrected chi connectivity index (χ2v) is 18.4. The van der Waals surface area contributed by atoms with Gasteiger partial charge in [0.1, 0.15) is 48.3 Å². The zero-order valence-corrected chi connectivity index (χ0v) is 41.4. The van der Waals surface area contributed by atoms with Crippen LogP contribution in [0.25, 0.3) is 0 Å². The summed E-state index contributed by atoms with van der Waals surface area (Å²) in [6, 6.07) is -12.5. The number of hydrogen-bond donors (Lipinski definition) is 14. The zero-order valence-electron chi connectivity index (χ0n) is 41.4. The topological polar surface area (TPSA) is 440 Å². The largest absolute Gasteiger partial charge is 0.481 e. The Balaban J connectivity index is 6.31. The molecule has 0 aliphatic rings. The minimum Gasteiger partial charge on any atom is -0.481 e. The number of nitrogens with two attached hydrogens (primary N) is 3. The first-order valence-corrected chi connectivity index (χ1v) is 23.3. The average molecular weight is 1000 g/mol. The van der Waals surface area contributed by atoms with Crippen molar-refractivity contribution in [2.75, 3.05) is 6.54 Å². The molecular weight excluding hydrogens is 923 g/mol. The quantitative estimate of drug-likeness (QED) is 0.0285. The van der Waals surface area contributed by atoms with Crippen LogP contribution in [-0.4, -0.2) is 147 Å². The molecule has 0 fully saturated rings. The summed E-state index contributed by atoms with van der Waals surface area (Å²) >= 11 is 0. The van der Waals surface area contributed by atoms with Crippen LogP contribution >= 0.6 is 0 Å². The van der Waals surface area contributed by atoms with Gasteiger partial charge >= 0.3 is 17.9 Å². The molecule has 0 radical (unpaired) electrons. The van der Waals surface area contributed by atoms with E-state index in [1.165, 1.54) is 6.92 Å². The second kappa shape index (κ2) is 32.4. The summed E-state index contributed by atoms with van der Waals surface area (Å²) in [5.41, 5.74) is 16.8. The van der Waals surface area contributed by atoms with Crippen molar-refractivity contribution in [2.45, 2.75) is 180 Å². The van der Waals surface area contributed by atoms with Crippen molar-refractivity contribution in [3.63, 3.8) is 0 Å². The predicted molar refractivity (Wildman–Crippen MR) is 251 cm³/mol. The monoisotopic (exact) mass is 1000 g/mol. The highest BCUT2D eigenvalue weighted by Gasteiger charge is 2.35. The maximum Gasteiger partial charge on any atom is 0.326 e. The molecule has 26 nitrogen and oxygen atoms in total. The summed E-state index contributed by atoms with van der Waals surface area (Å²) in [7, 11) is 0. The number of amides is 9. The molecule has 0 aliphatic carbocycles. The minimum atomic E-state index is -1.70. The van der Waals surface area contributed by atoms with E-state index < -0.39 is 170 Å². The highest BCUT2D eigenvalue weighted by Crippen LogP contribution is 2.12. The first-order valence-electron chi connectivity index (χ1n) is 23.3. The van der Waals surface area contributed by atoms with Crippen LogP contribution in [0.3, 0.4) is 0 Å². The number of primary amides is 1. The molecule has 26 heteroatoms. The van der Waals surface area contributed by atoms with Gasteiger partial charge < -0.3 is 75.1 Å². The number of carboxylic acid groups (broad SMARTS) is 3. The van der Waals surface area contributed by atoms with E-state index in [4.69, 9.17) is 17.2 Å². The molecular formula is C44H77N11O15. The summed E-state index contributed by atoms with van der Waals surface area (Å²) in [4.78, 5) is 154. The van der Waals surface area contributed by atoms with Gasteiger partial charge in [-0.15, -0.1) is 0 Å². The molecule has 17 N–H and O–H groups in total. The fourth-order valence-corrected chi connectivity index (χ4v) is 6.65. The summed E-state index contributed by atoms with van der Waals surface area (Å²) in [5.74, 6) is -13.0. The molecule has 0 unspecified atom stereocenters. The fraction of sp³-hybridized carbons (Fsp3) is 0.727. The predicted octanol–water partition coefficient (Wildman–Crippen LogP) is -2.81. The third-order valence-electron chi connectivity index (χ3n) is 10.6. The third kappa shape index (κ3) is 25.8. The van der Waals surface area contributed by atoms with Crippen LogP contribution in [0.2, 0.25) is 0 Å². The number of aliphatic carboxylic acids is 3. The van der Waals surface area contributed by atoms with Gasteiger partial charge in [-0.1, -0.05) is 41.5 Å². The van der Waals surface area contributed by atoms with Gasteiger partial charge in [-0.25, -0.2) is 4.79 Å². The van der Waals surface area contributed by atoms with E-state index >= 15 is 0 Å². The van der Waals surface area contributed by atoms with E-state index in [-0.39, 0.29) is 24.7 Å². The van der Waals surface area contributed by atoms with Crippen molar-refractivity contribution in [2.24, 2.45) is 35.0 Å². The molecule has 0 rings (SSSR count). The highest BCUT2D eigenvalue weighted by atomic mass is 16.4. The number of nitrogens with one attached hydrogen (secondary N) is 8. The molecule has 0 aromatic carbocycles. The van der Waals surface area contributed by atoms with Crippen LogP contribution in [0.5, 0.6) is 0 Å². The number of rotatable bonds is 35. The lowest BCUT2D eigenvalue weighted by Gasteiger charge is -2.29. The second-order valence-electron chi connectivity index (χ2n) is 18.4. The number of carboxylic acids is 3. The highest BCUT2D eigenvalue weighted by molar-refractivity contribution is 5.98. The number of unbranched alkanes of at least 4 members (excludes halogenated alkanes) is 1. The fourth-order valence-electron chi connectivity index (χ4n) is 6.65. The van der Waals surface area contributed by atoms with Crippen LogP contribution in [0.1, 0.15) is 126 Å². The Morgan fingerprint density at radius 3 is 1.21 bits per heavy atom. The summed E-state index contributed by atoms with van der Waals surface area (Å²) < 4.78 is 0. The van der Waals surface area contributed by atoms with E-state index in [0.717, 1.165) is 6.92 Å². The molecule has 0 aromatic heterocycles. The molecule has 0 aromatic rings. The smallest absolute Gasteiger partial charge is 0.326 e. The van der Waals surface area contributed by atoms with Crippen molar-refractivity contribution in [3.05, 3.63) is 0 Å². The third-order valence-corrected chi connectivity index (χ3v) is 10.6. The lowest BCUT2D eigenvalue weighted by molar-refractivity contribution is -0.142. The van der Waals surface area contributed by atoms with Crippen molar-refractivity contribution < 1.29 is 72.9 Å². The van der Waals surface area contributed by atoms with E-state index in [1.807, 2.05) is 27.7 Å². The van der Waals surface area contributed by atoms with Crippen molar-refractivity contribution in [3.8, 4) is 0 Å². The molecule has 0 saturated carbocycles. The molecule has 0 heterocycles. The minimum absolute atomic E-state index is 0.0438. The van der Waals surface area contributed by atoms with Crippen LogP contribution in [-0.2, 0) is 57.5 Å². The van der Waals surface area contributed by atoms with Gasteiger partial charge in [0, 0.05) is 19.3 Å². The van der Waals surface area contributed by atoms with Crippen LogP contribution < -0.4 is 59.7 Å². The number of hydrogen-bond acceptors (Lipinski definition) is 14. The Morgan fingerprint density at radius 2 is 0.814 bits per heavy atom. The van der Waals surface area contributed by atoms with Crippen LogP contribution in [0.4, 0.5) is 0 Å². The standard InChI is InChI=1S/C44H77N11O15/c1-21(2)19-26(46)38(63)54-31(20-22(3)4)42(67)55-35(23(5)6)43(68)52-28(13-16-33(57)58)40(65)48-24(7)36(61)50-29(14-17-34(59)60)41(66)51-27(12-15-32(47)56)39(64)49-25(8)37(62)53-30(44(69)70)11-9-10-18-45/h21-31,35H,9-20,45-46H2,1-8H3,(H2,47,56)(H,48,65)(H,49,64)(H,50,61)(H,51,66)(H,52,68)(H,53,62)(H,54,63)(H,55,67)(H,57,58)(H,59,60)(H,69,70)/t24-,25-,26-,27-,28-,29-,30-,31-,35-/m0/s1. The SMILES string of the molecule is CC(C)C[C@H](NC(=O)[C@@H](N)CC(C)C)C(=O)N[C@H](C(=O)N[C@@H](CCC(=O)O)C(=O)N[C@@H](C)C(=O)N[C@@H](CCC(=O)O)C(=O)N[C@@H](CCC(N)=O)C(=O)N[C@@H](C)C(=O)N[C@@H](CCCCN)C(=O)O)C(C)C. The van der Waals surface area contributed by atoms with Crippen LogP contribution in [0.15, 0.2) is 0 Å². The zero-order chi connectivity index (χ0) is 54.0. The Kier molecular flexibility index (Phi) is 29.4. The Labute approximate surface area is 407 Å². The Hall–Kier alpha value is -6.44. The maximum atomic E-state index is 13.7. The number of carbonyl (C=O) groups excluding carboxylic acids is 9. The van der Waals surface area contributed by atoms with Crippen molar-refractivity contribution in [1.82, 2.24) is 42.5 Å². The van der Waals surface area contributed by atoms with Gasteiger partial charge in [-0.3, -0.25) is 52.7 Å². The van der Waals surface area contributed by atoms with E-state index in [2.05, 4.69) is 42.5 Å². The molecule has 0 bridgehead atoms. The van der Waals surface area contributed by atoms with Crippen LogP contribution in [0, 0.1) is 17.8 Å². The molecule has 398 valence electrons. The van der Waals surface area contributed by atoms with E-state index in [9.17, 15) is 72.9 Å². The molecule has 9 amide bonds. The molecule has 70 heavy (non-hydrogen) atoms. The Bertz CT molecular complexity index is 1830. The Morgan fingerprint density at radius 1 is 0.429 bits per heavy atom. The van der Waals surface area contributed by atoms with Gasteiger partial charge in [0.05, 0.1) is 6.04 Å². The summed E-state index contributed by atoms with van der Waals surface area (Å²) in [5, 5.41) is 47.6. The van der Waals surface area contributed by atoms with Gasteiger partial charge in [0.15, 0.2) is 0 Å². The maximum absolute atomic E-state index is 13.7. The number of carbonyl (C=O) groups is 12. The van der Waals surface area contributed by atoms with Gasteiger partial charge in [-0.2, -0.15) is 0 Å². The first kappa shape index (κ1) is 63.6. The van der Waals surface area contributed by atoms with E-state index in [1.54, 1.807) is 13.8 Å². The van der Waals surface area contributed by atoms with Gasteiger partial charge in [0.2, 0.25) is 53.2 Å². The van der Waals surface area contributed by atoms with Crippen molar-refractivity contribution >= 4 is 71.1 Å². The molecule has 0 saturated heterocycles. The van der Waals surface area contributed by atoms with Crippen molar-refractivity contribution in [1.29, 1.82) is 0 Å².